The highest BCUT2D eigenvalue weighted by molar-refractivity contribution is 7.13. The maximum Gasteiger partial charge on any atom is 0.0801 e. The van der Waals surface area contributed by atoms with Crippen molar-refractivity contribution in [3.63, 3.8) is 0 Å². The Labute approximate surface area is 100 Å². The van der Waals surface area contributed by atoms with E-state index in [-0.39, 0.29) is 0 Å². The van der Waals surface area contributed by atoms with E-state index in [1.807, 2.05) is 12.6 Å². The Kier molecular flexibility index (Phi) is 3.36. The van der Waals surface area contributed by atoms with Crippen molar-refractivity contribution in [1.29, 1.82) is 0 Å². The maximum atomic E-state index is 4.27. The number of hydrogen-bond acceptors (Lipinski definition) is 3. The number of hydrogen-bond donors (Lipinski definition) is 1. The molecule has 1 heterocycles. The zero-order chi connectivity index (χ0) is 11.5. The van der Waals surface area contributed by atoms with Crippen LogP contribution in [0.3, 0.4) is 0 Å². The van der Waals surface area contributed by atoms with Crippen LogP contribution in [-0.2, 0) is 0 Å². The molecule has 0 radical (unpaired) electrons. The lowest BCUT2D eigenvalue weighted by Gasteiger charge is -2.10. The van der Waals surface area contributed by atoms with Crippen LogP contribution in [0.5, 0.6) is 0 Å². The Morgan fingerprint density at radius 1 is 1.25 bits per heavy atom. The van der Waals surface area contributed by atoms with Crippen molar-refractivity contribution >= 4 is 11.3 Å². The van der Waals surface area contributed by atoms with Crippen molar-refractivity contribution in [2.45, 2.75) is 19.9 Å². The third-order valence-electron chi connectivity index (χ3n) is 2.85. The van der Waals surface area contributed by atoms with Gasteiger partial charge in [-0.05, 0) is 32.0 Å². The van der Waals surface area contributed by atoms with Gasteiger partial charge in [0.15, 0.2) is 0 Å². The molecule has 0 aliphatic carbocycles. The smallest absolute Gasteiger partial charge is 0.0801 e. The van der Waals surface area contributed by atoms with Crippen LogP contribution in [0.1, 0.15) is 24.2 Å². The minimum absolute atomic E-state index is 0.400. The number of aryl methyl sites for hydroxylation is 1. The summed E-state index contributed by atoms with van der Waals surface area (Å²) in [7, 11) is 1.98. The van der Waals surface area contributed by atoms with Crippen LogP contribution in [0.4, 0.5) is 0 Å². The summed E-state index contributed by atoms with van der Waals surface area (Å²) in [5, 5.41) is 3.24. The quantitative estimate of drug-likeness (QED) is 0.877. The minimum Gasteiger partial charge on any atom is -0.313 e. The van der Waals surface area contributed by atoms with Crippen LogP contribution < -0.4 is 5.32 Å². The van der Waals surface area contributed by atoms with Crippen LogP contribution in [0, 0.1) is 6.92 Å². The molecular formula is C13H16N2S. The fourth-order valence-corrected chi connectivity index (χ4v) is 2.48. The molecule has 1 atom stereocenters. The third-order valence-corrected chi connectivity index (χ3v) is 3.83. The molecule has 0 aliphatic rings. The van der Waals surface area contributed by atoms with Crippen molar-refractivity contribution in [1.82, 2.24) is 10.3 Å². The molecule has 1 aromatic heterocycles. The van der Waals surface area contributed by atoms with E-state index < -0.39 is 0 Å². The van der Waals surface area contributed by atoms with Crippen molar-refractivity contribution in [3.8, 4) is 10.4 Å². The Morgan fingerprint density at radius 2 is 1.94 bits per heavy atom. The van der Waals surface area contributed by atoms with Gasteiger partial charge in [0.25, 0.3) is 0 Å². The first-order chi connectivity index (χ1) is 7.72. The largest absolute Gasteiger partial charge is 0.313 e. The number of aromatic nitrogens is 1. The molecule has 0 spiro atoms. The third kappa shape index (κ3) is 2.15. The van der Waals surface area contributed by atoms with E-state index in [0.717, 1.165) is 5.69 Å². The first kappa shape index (κ1) is 11.3. The fraction of sp³-hybridized carbons (Fsp3) is 0.308. The number of nitrogens with zero attached hydrogens (tertiary/aromatic N) is 1. The molecule has 2 aromatic rings. The summed E-state index contributed by atoms with van der Waals surface area (Å²) in [6, 6.07) is 9.09. The zero-order valence-electron chi connectivity index (χ0n) is 9.82. The summed E-state index contributed by atoms with van der Waals surface area (Å²) in [6.45, 7) is 4.21. The van der Waals surface area contributed by atoms with Crippen LogP contribution >= 0.6 is 11.3 Å². The standard InChI is InChI=1S/C13H16N2S/c1-9(14-3)11-4-6-12(7-5-11)13-10(2)15-8-16-13/h4-9,14H,1-3H3/t9-/m1/s1. The molecule has 1 aromatic carbocycles. The summed E-state index contributed by atoms with van der Waals surface area (Å²) in [6.07, 6.45) is 0. The van der Waals surface area contributed by atoms with Gasteiger partial charge in [0.1, 0.15) is 0 Å². The Bertz CT molecular complexity index is 459. The van der Waals surface area contributed by atoms with Crippen LogP contribution in [0.2, 0.25) is 0 Å². The minimum atomic E-state index is 0.400. The summed E-state index contributed by atoms with van der Waals surface area (Å²) >= 11 is 1.70. The molecular weight excluding hydrogens is 216 g/mol. The summed E-state index contributed by atoms with van der Waals surface area (Å²) in [4.78, 5) is 5.54. The van der Waals surface area contributed by atoms with Crippen LogP contribution in [-0.4, -0.2) is 12.0 Å². The lowest BCUT2D eigenvalue weighted by molar-refractivity contribution is 0.652. The van der Waals surface area contributed by atoms with Crippen LogP contribution in [0.15, 0.2) is 29.8 Å². The number of benzene rings is 1. The maximum absolute atomic E-state index is 4.27. The second-order valence-corrected chi connectivity index (χ2v) is 4.75. The molecule has 0 unspecified atom stereocenters. The van der Waals surface area contributed by atoms with E-state index in [2.05, 4.69) is 48.4 Å². The van der Waals surface area contributed by atoms with Gasteiger partial charge in [-0.1, -0.05) is 24.3 Å². The summed E-state index contributed by atoms with van der Waals surface area (Å²) in [5.74, 6) is 0. The molecule has 2 rings (SSSR count). The highest BCUT2D eigenvalue weighted by Crippen LogP contribution is 2.27. The van der Waals surface area contributed by atoms with E-state index in [4.69, 9.17) is 0 Å². The second kappa shape index (κ2) is 4.76. The Morgan fingerprint density at radius 3 is 2.44 bits per heavy atom. The number of nitrogens with one attached hydrogen (secondary N) is 1. The molecule has 0 saturated heterocycles. The van der Waals surface area contributed by atoms with Gasteiger partial charge in [-0.25, -0.2) is 4.98 Å². The molecule has 16 heavy (non-hydrogen) atoms. The normalized spacial score (nSPS) is 12.7. The van der Waals surface area contributed by atoms with E-state index in [1.165, 1.54) is 16.0 Å². The second-order valence-electron chi connectivity index (χ2n) is 3.90. The molecule has 0 bridgehead atoms. The predicted octanol–water partition coefficient (Wildman–Crippen LogP) is 3.40. The van der Waals surface area contributed by atoms with E-state index in [1.54, 1.807) is 11.3 Å². The molecule has 2 nitrogen and oxygen atoms in total. The van der Waals surface area contributed by atoms with Crippen molar-refractivity contribution in [2.24, 2.45) is 0 Å². The fourth-order valence-electron chi connectivity index (χ4n) is 1.67. The number of rotatable bonds is 3. The van der Waals surface area contributed by atoms with Gasteiger partial charge in [-0.3, -0.25) is 0 Å². The first-order valence-electron chi connectivity index (χ1n) is 5.40. The molecule has 0 amide bonds. The molecule has 84 valence electrons. The lowest BCUT2D eigenvalue weighted by atomic mass is 10.1. The molecule has 3 heteroatoms. The molecule has 1 N–H and O–H groups in total. The molecule has 0 aliphatic heterocycles. The van der Waals surface area contributed by atoms with Gasteiger partial charge in [0, 0.05) is 6.04 Å². The Hall–Kier alpha value is -1.19. The SMILES string of the molecule is CN[C@H](C)c1ccc(-c2scnc2C)cc1. The monoisotopic (exact) mass is 232 g/mol. The number of thiazole rings is 1. The van der Waals surface area contributed by atoms with Crippen molar-refractivity contribution in [2.75, 3.05) is 7.05 Å². The highest BCUT2D eigenvalue weighted by atomic mass is 32.1. The molecule has 0 fully saturated rings. The lowest BCUT2D eigenvalue weighted by Crippen LogP contribution is -2.11. The Balaban J connectivity index is 2.30. The van der Waals surface area contributed by atoms with Gasteiger partial charge in [0.05, 0.1) is 16.1 Å². The first-order valence-corrected chi connectivity index (χ1v) is 6.28. The van der Waals surface area contributed by atoms with Gasteiger partial charge >= 0.3 is 0 Å². The summed E-state index contributed by atoms with van der Waals surface area (Å²) < 4.78 is 0. The average molecular weight is 232 g/mol. The van der Waals surface area contributed by atoms with E-state index in [9.17, 15) is 0 Å². The predicted molar refractivity (Wildman–Crippen MR) is 69.8 cm³/mol. The van der Waals surface area contributed by atoms with E-state index >= 15 is 0 Å². The highest BCUT2D eigenvalue weighted by Gasteiger charge is 2.06. The van der Waals surface area contributed by atoms with Gasteiger partial charge in [-0.2, -0.15) is 0 Å². The van der Waals surface area contributed by atoms with Gasteiger partial charge in [0.2, 0.25) is 0 Å². The zero-order valence-corrected chi connectivity index (χ0v) is 10.6. The average Bonchev–Trinajstić information content (AvgIpc) is 2.75. The topological polar surface area (TPSA) is 24.9 Å². The van der Waals surface area contributed by atoms with E-state index in [0.29, 0.717) is 6.04 Å². The van der Waals surface area contributed by atoms with Gasteiger partial charge < -0.3 is 5.32 Å². The van der Waals surface area contributed by atoms with Crippen molar-refractivity contribution < 1.29 is 0 Å². The van der Waals surface area contributed by atoms with Crippen molar-refractivity contribution in [3.05, 3.63) is 41.0 Å². The summed E-state index contributed by atoms with van der Waals surface area (Å²) in [5.41, 5.74) is 5.58. The van der Waals surface area contributed by atoms with Gasteiger partial charge in [-0.15, -0.1) is 11.3 Å². The molecule has 0 saturated carbocycles. The van der Waals surface area contributed by atoms with Crippen LogP contribution in [0.25, 0.3) is 10.4 Å².